The first-order chi connectivity index (χ1) is 9.02. The lowest BCUT2D eigenvalue weighted by atomic mass is 10.0. The molecule has 2 rings (SSSR count). The molecule has 1 fully saturated rings. The molecule has 1 saturated heterocycles. The second-order valence-corrected chi connectivity index (χ2v) is 6.28. The van der Waals surface area contributed by atoms with Crippen molar-refractivity contribution in [2.75, 3.05) is 31.6 Å². The van der Waals surface area contributed by atoms with Crippen molar-refractivity contribution in [3.05, 3.63) is 28.2 Å². The highest BCUT2D eigenvalue weighted by atomic mass is 79.9. The molecule has 0 aliphatic carbocycles. The molecular formula is C15H23BrN2O. The maximum absolute atomic E-state index is 9.95. The number of benzene rings is 1. The van der Waals surface area contributed by atoms with Gasteiger partial charge in [-0.15, -0.1) is 0 Å². The van der Waals surface area contributed by atoms with Gasteiger partial charge in [0.1, 0.15) is 0 Å². The SMILES string of the molecule is CCC1CN(c2cc(Br)ccc2C(C)O)CCN1C. The molecule has 2 unspecified atom stereocenters. The number of likely N-dealkylation sites (N-methyl/N-ethyl adjacent to an activating group) is 1. The van der Waals surface area contributed by atoms with Gasteiger partial charge in [-0.05, 0) is 32.5 Å². The van der Waals surface area contributed by atoms with Gasteiger partial charge in [-0.2, -0.15) is 0 Å². The van der Waals surface area contributed by atoms with E-state index in [-0.39, 0.29) is 0 Å². The molecule has 1 N–H and O–H groups in total. The van der Waals surface area contributed by atoms with Gasteiger partial charge in [0.25, 0.3) is 0 Å². The summed E-state index contributed by atoms with van der Waals surface area (Å²) in [6, 6.07) is 6.73. The summed E-state index contributed by atoms with van der Waals surface area (Å²) in [6.07, 6.45) is 0.730. The number of hydrogen-bond acceptors (Lipinski definition) is 3. The Labute approximate surface area is 124 Å². The third-order valence-corrected chi connectivity index (χ3v) is 4.52. The molecule has 3 nitrogen and oxygen atoms in total. The molecule has 0 spiro atoms. The van der Waals surface area contributed by atoms with Crippen LogP contribution in [0.1, 0.15) is 31.9 Å². The zero-order chi connectivity index (χ0) is 14.0. The van der Waals surface area contributed by atoms with Crippen LogP contribution in [0.3, 0.4) is 0 Å². The van der Waals surface area contributed by atoms with Crippen molar-refractivity contribution in [2.24, 2.45) is 0 Å². The standard InChI is InChI=1S/C15H23BrN2O/c1-4-13-10-18(8-7-17(13)3)15-9-12(16)5-6-14(15)11(2)19/h5-6,9,11,13,19H,4,7-8,10H2,1-3H3. The average molecular weight is 327 g/mol. The van der Waals surface area contributed by atoms with Gasteiger partial charge < -0.3 is 10.0 Å². The summed E-state index contributed by atoms with van der Waals surface area (Å²) in [4.78, 5) is 4.83. The summed E-state index contributed by atoms with van der Waals surface area (Å²) >= 11 is 3.54. The normalized spacial score (nSPS) is 22.6. The molecular weight excluding hydrogens is 304 g/mol. The highest BCUT2D eigenvalue weighted by molar-refractivity contribution is 9.10. The van der Waals surface area contributed by atoms with Crippen LogP contribution in [0, 0.1) is 0 Å². The average Bonchev–Trinajstić information content (AvgIpc) is 2.38. The summed E-state index contributed by atoms with van der Waals surface area (Å²) in [6.45, 7) is 7.19. The number of halogens is 1. The lowest BCUT2D eigenvalue weighted by Crippen LogP contribution is -2.51. The number of nitrogens with zero attached hydrogens (tertiary/aromatic N) is 2. The van der Waals surface area contributed by atoms with Gasteiger partial charge in [0.05, 0.1) is 6.10 Å². The largest absolute Gasteiger partial charge is 0.389 e. The van der Waals surface area contributed by atoms with Gasteiger partial charge in [0.2, 0.25) is 0 Å². The summed E-state index contributed by atoms with van der Waals surface area (Å²) < 4.78 is 1.07. The first-order valence-electron chi connectivity index (χ1n) is 6.95. The Balaban J connectivity index is 2.28. The van der Waals surface area contributed by atoms with Gasteiger partial charge in [0, 0.05) is 41.4 Å². The van der Waals surface area contributed by atoms with E-state index >= 15 is 0 Å². The summed E-state index contributed by atoms with van der Waals surface area (Å²) in [7, 11) is 2.20. The molecule has 0 aromatic heterocycles. The van der Waals surface area contributed by atoms with E-state index in [4.69, 9.17) is 0 Å². The van der Waals surface area contributed by atoms with Crippen LogP contribution >= 0.6 is 15.9 Å². The van der Waals surface area contributed by atoms with Gasteiger partial charge in [-0.25, -0.2) is 0 Å². The van der Waals surface area contributed by atoms with Gasteiger partial charge in [-0.1, -0.05) is 28.9 Å². The Morgan fingerprint density at radius 1 is 1.42 bits per heavy atom. The smallest absolute Gasteiger partial charge is 0.0782 e. The minimum Gasteiger partial charge on any atom is -0.389 e. The van der Waals surface area contributed by atoms with Crippen molar-refractivity contribution in [1.82, 2.24) is 4.90 Å². The van der Waals surface area contributed by atoms with E-state index < -0.39 is 6.10 Å². The van der Waals surface area contributed by atoms with E-state index in [1.165, 1.54) is 0 Å². The van der Waals surface area contributed by atoms with E-state index in [1.54, 1.807) is 0 Å². The first kappa shape index (κ1) is 14.8. The van der Waals surface area contributed by atoms with Crippen molar-refractivity contribution >= 4 is 21.6 Å². The van der Waals surface area contributed by atoms with Crippen molar-refractivity contribution < 1.29 is 5.11 Å². The molecule has 106 valence electrons. The molecule has 4 heteroatoms. The lowest BCUT2D eigenvalue weighted by Gasteiger charge is -2.41. The molecule has 1 aromatic rings. The topological polar surface area (TPSA) is 26.7 Å². The molecule has 1 aliphatic rings. The van der Waals surface area contributed by atoms with Crippen LogP contribution in [0.15, 0.2) is 22.7 Å². The number of anilines is 1. The van der Waals surface area contributed by atoms with E-state index in [2.05, 4.69) is 45.8 Å². The third kappa shape index (κ3) is 3.30. The predicted octanol–water partition coefficient (Wildman–Crippen LogP) is 3.03. The maximum Gasteiger partial charge on any atom is 0.0782 e. The Bertz CT molecular complexity index is 436. The van der Waals surface area contributed by atoms with E-state index in [0.29, 0.717) is 6.04 Å². The highest BCUT2D eigenvalue weighted by Crippen LogP contribution is 2.31. The van der Waals surface area contributed by atoms with Crippen LogP contribution in [0.2, 0.25) is 0 Å². The monoisotopic (exact) mass is 326 g/mol. The first-order valence-corrected chi connectivity index (χ1v) is 7.75. The van der Waals surface area contributed by atoms with Crippen molar-refractivity contribution in [1.29, 1.82) is 0 Å². The Morgan fingerprint density at radius 2 is 2.16 bits per heavy atom. The summed E-state index contributed by atoms with van der Waals surface area (Å²) in [5.74, 6) is 0. The fourth-order valence-corrected chi connectivity index (χ4v) is 3.10. The second-order valence-electron chi connectivity index (χ2n) is 5.37. The van der Waals surface area contributed by atoms with Crippen molar-refractivity contribution in [3.63, 3.8) is 0 Å². The van der Waals surface area contributed by atoms with Crippen LogP contribution in [-0.4, -0.2) is 42.7 Å². The fraction of sp³-hybridized carbons (Fsp3) is 0.600. The molecule has 19 heavy (non-hydrogen) atoms. The summed E-state index contributed by atoms with van der Waals surface area (Å²) in [5, 5.41) is 9.95. The number of aliphatic hydroxyl groups excluding tert-OH is 1. The van der Waals surface area contributed by atoms with Crippen LogP contribution in [0.4, 0.5) is 5.69 Å². The second kappa shape index (κ2) is 6.25. The number of aliphatic hydroxyl groups is 1. The maximum atomic E-state index is 9.95. The molecule has 0 radical (unpaired) electrons. The van der Waals surface area contributed by atoms with Crippen LogP contribution in [0.5, 0.6) is 0 Å². The number of piperazine rings is 1. The van der Waals surface area contributed by atoms with Gasteiger partial charge in [0.15, 0.2) is 0 Å². The Kier molecular flexibility index (Phi) is 4.87. The van der Waals surface area contributed by atoms with Crippen LogP contribution in [0.25, 0.3) is 0 Å². The van der Waals surface area contributed by atoms with Crippen molar-refractivity contribution in [2.45, 2.75) is 32.4 Å². The molecule has 0 saturated carbocycles. The molecule has 1 aliphatic heterocycles. The Hall–Kier alpha value is -0.580. The number of hydrogen-bond donors (Lipinski definition) is 1. The van der Waals surface area contributed by atoms with Gasteiger partial charge in [-0.3, -0.25) is 4.90 Å². The minimum atomic E-state index is -0.428. The van der Waals surface area contributed by atoms with E-state index in [1.807, 2.05) is 19.1 Å². The molecule has 0 amide bonds. The van der Waals surface area contributed by atoms with E-state index in [0.717, 1.165) is 41.8 Å². The van der Waals surface area contributed by atoms with Crippen LogP contribution < -0.4 is 4.90 Å². The molecule has 2 atom stereocenters. The Morgan fingerprint density at radius 3 is 2.79 bits per heavy atom. The van der Waals surface area contributed by atoms with Crippen LogP contribution in [-0.2, 0) is 0 Å². The predicted molar refractivity (Wildman–Crippen MR) is 83.7 cm³/mol. The lowest BCUT2D eigenvalue weighted by molar-refractivity contribution is 0.196. The van der Waals surface area contributed by atoms with E-state index in [9.17, 15) is 5.11 Å². The molecule has 1 aromatic carbocycles. The fourth-order valence-electron chi connectivity index (χ4n) is 2.75. The molecule has 1 heterocycles. The van der Waals surface area contributed by atoms with Gasteiger partial charge >= 0.3 is 0 Å². The zero-order valence-electron chi connectivity index (χ0n) is 11.9. The number of rotatable bonds is 3. The minimum absolute atomic E-state index is 0.428. The zero-order valence-corrected chi connectivity index (χ0v) is 13.5. The highest BCUT2D eigenvalue weighted by Gasteiger charge is 2.25. The summed E-state index contributed by atoms with van der Waals surface area (Å²) in [5.41, 5.74) is 2.18. The molecule has 0 bridgehead atoms. The third-order valence-electron chi connectivity index (χ3n) is 4.03. The quantitative estimate of drug-likeness (QED) is 0.924. The van der Waals surface area contributed by atoms with Crippen molar-refractivity contribution in [3.8, 4) is 0 Å².